The van der Waals surface area contributed by atoms with Crippen molar-refractivity contribution in [3.8, 4) is 11.3 Å². The number of halogens is 1. The predicted molar refractivity (Wildman–Crippen MR) is 104 cm³/mol. The highest BCUT2D eigenvalue weighted by Gasteiger charge is 2.13. The van der Waals surface area contributed by atoms with Crippen LogP contribution in [-0.2, 0) is 0 Å². The Bertz CT molecular complexity index is 1050. The highest BCUT2D eigenvalue weighted by molar-refractivity contribution is 9.10. The minimum atomic E-state index is -0.475. The molecule has 8 nitrogen and oxygen atoms in total. The first-order chi connectivity index (χ1) is 13.0. The number of hydrogen-bond acceptors (Lipinski definition) is 6. The maximum Gasteiger partial charge on any atom is 0.273 e. The van der Waals surface area contributed by atoms with E-state index in [0.717, 1.165) is 0 Å². The van der Waals surface area contributed by atoms with E-state index in [4.69, 9.17) is 10.2 Å². The lowest BCUT2D eigenvalue weighted by Gasteiger charge is -2.02. The molecular formula is C18H13BrN4O4. The van der Waals surface area contributed by atoms with Gasteiger partial charge in [0.1, 0.15) is 11.5 Å². The summed E-state index contributed by atoms with van der Waals surface area (Å²) in [6.07, 6.45) is 1.35. The molecule has 27 heavy (non-hydrogen) atoms. The average molecular weight is 429 g/mol. The molecule has 0 fully saturated rings. The number of benzene rings is 2. The number of non-ortho nitro benzene ring substituents is 1. The van der Waals surface area contributed by atoms with E-state index >= 15 is 0 Å². The largest absolute Gasteiger partial charge is 0.455 e. The lowest BCUT2D eigenvalue weighted by atomic mass is 10.1. The minimum Gasteiger partial charge on any atom is -0.455 e. The molecule has 136 valence electrons. The number of nitro groups is 1. The van der Waals surface area contributed by atoms with Crippen molar-refractivity contribution in [3.05, 3.63) is 80.5 Å². The number of nitrogen functional groups attached to an aromatic ring is 1. The summed E-state index contributed by atoms with van der Waals surface area (Å²) in [7, 11) is 0. The summed E-state index contributed by atoms with van der Waals surface area (Å²) in [5.74, 6) is 0.461. The SMILES string of the molecule is Nc1ccccc1C(=O)N/N=C/c1ccc(-c2ccc([N+](=O)[O-])cc2Br)o1. The summed E-state index contributed by atoms with van der Waals surface area (Å²) in [5, 5.41) is 14.7. The third-order valence-electron chi connectivity index (χ3n) is 3.62. The number of nitrogens with zero attached hydrogens (tertiary/aromatic N) is 2. The van der Waals surface area contributed by atoms with Crippen LogP contribution in [0.4, 0.5) is 11.4 Å². The number of para-hydroxylation sites is 1. The Hall–Kier alpha value is -3.46. The molecule has 0 bridgehead atoms. The summed E-state index contributed by atoms with van der Waals surface area (Å²) < 4.78 is 6.17. The number of carbonyl (C=O) groups excluding carboxylic acids is 1. The van der Waals surface area contributed by atoms with Crippen LogP contribution in [0.25, 0.3) is 11.3 Å². The average Bonchev–Trinajstić information content (AvgIpc) is 3.10. The molecule has 0 radical (unpaired) electrons. The number of nitrogens with one attached hydrogen (secondary N) is 1. The molecule has 2 aromatic carbocycles. The van der Waals surface area contributed by atoms with E-state index in [1.807, 2.05) is 0 Å². The Kier molecular flexibility index (Phi) is 5.32. The highest BCUT2D eigenvalue weighted by atomic mass is 79.9. The molecule has 0 aliphatic heterocycles. The number of nitro benzene ring substituents is 1. The monoisotopic (exact) mass is 428 g/mol. The number of rotatable bonds is 5. The van der Waals surface area contributed by atoms with Gasteiger partial charge < -0.3 is 10.2 Å². The molecule has 0 unspecified atom stereocenters. The van der Waals surface area contributed by atoms with E-state index < -0.39 is 10.8 Å². The first-order valence-corrected chi connectivity index (χ1v) is 8.47. The van der Waals surface area contributed by atoms with Crippen LogP contribution in [-0.4, -0.2) is 17.0 Å². The Morgan fingerprint density at radius 1 is 1.22 bits per heavy atom. The maximum atomic E-state index is 12.0. The van der Waals surface area contributed by atoms with Gasteiger partial charge in [-0.3, -0.25) is 14.9 Å². The molecule has 0 spiro atoms. The lowest BCUT2D eigenvalue weighted by molar-refractivity contribution is -0.384. The molecule has 1 amide bonds. The molecule has 0 atom stereocenters. The van der Waals surface area contributed by atoms with Gasteiger partial charge in [0.15, 0.2) is 0 Å². The van der Waals surface area contributed by atoms with Gasteiger partial charge in [0, 0.05) is 27.9 Å². The maximum absolute atomic E-state index is 12.0. The molecule has 1 heterocycles. The van der Waals surface area contributed by atoms with E-state index in [9.17, 15) is 14.9 Å². The second-order valence-corrected chi connectivity index (χ2v) is 6.26. The second kappa shape index (κ2) is 7.83. The van der Waals surface area contributed by atoms with Gasteiger partial charge in [-0.15, -0.1) is 0 Å². The van der Waals surface area contributed by atoms with Crippen LogP contribution in [0.15, 0.2) is 68.6 Å². The van der Waals surface area contributed by atoms with Gasteiger partial charge in [-0.05, 0) is 46.3 Å². The zero-order chi connectivity index (χ0) is 19.4. The quantitative estimate of drug-likeness (QED) is 0.275. The molecule has 0 saturated heterocycles. The molecule has 3 aromatic rings. The van der Waals surface area contributed by atoms with Gasteiger partial charge in [-0.1, -0.05) is 12.1 Å². The Balaban J connectivity index is 1.71. The molecule has 3 N–H and O–H groups in total. The topological polar surface area (TPSA) is 124 Å². The fourth-order valence-electron chi connectivity index (χ4n) is 2.30. The van der Waals surface area contributed by atoms with Crippen molar-refractivity contribution >= 4 is 39.4 Å². The molecule has 3 rings (SSSR count). The zero-order valence-electron chi connectivity index (χ0n) is 13.8. The van der Waals surface area contributed by atoms with E-state index in [-0.39, 0.29) is 5.69 Å². The van der Waals surface area contributed by atoms with Gasteiger partial charge >= 0.3 is 0 Å². The zero-order valence-corrected chi connectivity index (χ0v) is 15.3. The first-order valence-electron chi connectivity index (χ1n) is 7.68. The van der Waals surface area contributed by atoms with Gasteiger partial charge in [0.05, 0.1) is 16.7 Å². The van der Waals surface area contributed by atoms with E-state index in [1.54, 1.807) is 42.5 Å². The smallest absolute Gasteiger partial charge is 0.273 e. The number of hydrogen-bond donors (Lipinski definition) is 2. The van der Waals surface area contributed by atoms with Crippen molar-refractivity contribution in [1.82, 2.24) is 5.43 Å². The van der Waals surface area contributed by atoms with E-state index in [1.165, 1.54) is 18.3 Å². The number of nitrogens with two attached hydrogens (primary N) is 1. The normalized spacial score (nSPS) is 10.9. The molecular weight excluding hydrogens is 416 g/mol. The van der Waals surface area contributed by atoms with E-state index in [2.05, 4.69) is 26.5 Å². The Labute approximate surface area is 162 Å². The number of carbonyl (C=O) groups is 1. The number of amides is 1. The van der Waals surface area contributed by atoms with Crippen molar-refractivity contribution in [2.24, 2.45) is 5.10 Å². The minimum absolute atomic E-state index is 0.0261. The van der Waals surface area contributed by atoms with Crippen molar-refractivity contribution in [2.75, 3.05) is 5.73 Å². The molecule has 0 aliphatic rings. The third-order valence-corrected chi connectivity index (χ3v) is 4.28. The van der Waals surface area contributed by atoms with Crippen LogP contribution in [0.1, 0.15) is 16.1 Å². The summed E-state index contributed by atoms with van der Waals surface area (Å²) in [6.45, 7) is 0. The number of anilines is 1. The van der Waals surface area contributed by atoms with Crippen molar-refractivity contribution in [3.63, 3.8) is 0 Å². The Morgan fingerprint density at radius 2 is 2.00 bits per heavy atom. The van der Waals surface area contributed by atoms with Crippen molar-refractivity contribution in [1.29, 1.82) is 0 Å². The highest BCUT2D eigenvalue weighted by Crippen LogP contribution is 2.32. The summed E-state index contributed by atoms with van der Waals surface area (Å²) in [4.78, 5) is 22.3. The Morgan fingerprint density at radius 3 is 2.70 bits per heavy atom. The summed E-state index contributed by atoms with van der Waals surface area (Å²) >= 11 is 3.30. The second-order valence-electron chi connectivity index (χ2n) is 5.41. The van der Waals surface area contributed by atoms with Crippen molar-refractivity contribution in [2.45, 2.75) is 0 Å². The van der Waals surface area contributed by atoms with Gasteiger partial charge in [0.25, 0.3) is 11.6 Å². The standard InChI is InChI=1S/C18H13BrN4O4/c19-15-9-11(23(25)26)5-7-13(15)17-8-6-12(27-17)10-21-22-18(24)14-3-1-2-4-16(14)20/h1-10H,20H2,(H,22,24)/b21-10+. The third kappa shape index (κ3) is 4.21. The molecule has 0 aliphatic carbocycles. The first kappa shape index (κ1) is 18.3. The van der Waals surface area contributed by atoms with Crippen LogP contribution < -0.4 is 11.2 Å². The predicted octanol–water partition coefficient (Wildman–Crippen LogP) is 3.96. The molecule has 1 aromatic heterocycles. The lowest BCUT2D eigenvalue weighted by Crippen LogP contribution is -2.18. The van der Waals surface area contributed by atoms with Crippen LogP contribution in [0.3, 0.4) is 0 Å². The van der Waals surface area contributed by atoms with Gasteiger partial charge in [-0.25, -0.2) is 5.43 Å². The van der Waals surface area contributed by atoms with Gasteiger partial charge in [-0.2, -0.15) is 5.10 Å². The van der Waals surface area contributed by atoms with Crippen LogP contribution in [0.5, 0.6) is 0 Å². The molecule has 9 heteroatoms. The van der Waals surface area contributed by atoms with Gasteiger partial charge in [0.2, 0.25) is 0 Å². The van der Waals surface area contributed by atoms with Crippen LogP contribution in [0, 0.1) is 10.1 Å². The van der Waals surface area contributed by atoms with Crippen LogP contribution >= 0.6 is 15.9 Å². The summed E-state index contributed by atoms with van der Waals surface area (Å²) in [6, 6.07) is 14.4. The number of furan rings is 1. The molecule has 0 saturated carbocycles. The van der Waals surface area contributed by atoms with Crippen molar-refractivity contribution < 1.29 is 14.1 Å². The fourth-order valence-corrected chi connectivity index (χ4v) is 2.87. The van der Waals surface area contributed by atoms with E-state index in [0.29, 0.717) is 32.8 Å². The van der Waals surface area contributed by atoms with Crippen LogP contribution in [0.2, 0.25) is 0 Å². The fraction of sp³-hybridized carbons (Fsp3) is 0. The number of hydrazone groups is 1. The summed E-state index contributed by atoms with van der Waals surface area (Å²) in [5.41, 5.74) is 9.42.